The fraction of sp³-hybridized carbons (Fsp3) is 0.0870. The van der Waals surface area contributed by atoms with Crippen molar-refractivity contribution < 1.29 is 19.7 Å². The summed E-state index contributed by atoms with van der Waals surface area (Å²) in [7, 11) is 0. The van der Waals surface area contributed by atoms with Crippen molar-refractivity contribution in [3.8, 4) is 33.9 Å². The number of aromatic hydroxyl groups is 2. The lowest BCUT2D eigenvalue weighted by Crippen LogP contribution is -2.16. The number of carbonyl (C=O) groups is 1. The van der Waals surface area contributed by atoms with Gasteiger partial charge in [0, 0.05) is 23.3 Å². The van der Waals surface area contributed by atoms with Crippen molar-refractivity contribution in [2.75, 3.05) is 6.61 Å². The van der Waals surface area contributed by atoms with Gasteiger partial charge in [-0.05, 0) is 24.6 Å². The maximum absolute atomic E-state index is 13.0. The third-order valence-corrected chi connectivity index (χ3v) is 4.76. The van der Waals surface area contributed by atoms with E-state index in [0.29, 0.717) is 11.1 Å². The van der Waals surface area contributed by atoms with E-state index in [1.165, 1.54) is 12.3 Å². The predicted molar refractivity (Wildman–Crippen MR) is 113 cm³/mol. The minimum atomic E-state index is -0.675. The number of ether oxygens (including phenoxy) is 1. The maximum Gasteiger partial charge on any atom is 0.340 e. The smallest absolute Gasteiger partial charge is 0.340 e. The normalized spacial score (nSPS) is 10.8. The molecule has 7 heteroatoms. The number of pyridine rings is 2. The summed E-state index contributed by atoms with van der Waals surface area (Å²) in [5.74, 6) is -1.40. The summed E-state index contributed by atoms with van der Waals surface area (Å²) in [6, 6.07) is 13.4. The molecule has 7 nitrogen and oxygen atoms in total. The van der Waals surface area contributed by atoms with Gasteiger partial charge in [-0.15, -0.1) is 0 Å². The molecular weight excluding hydrogens is 384 g/mol. The van der Waals surface area contributed by atoms with Gasteiger partial charge in [-0.3, -0.25) is 9.78 Å². The summed E-state index contributed by atoms with van der Waals surface area (Å²) in [4.78, 5) is 32.5. The standard InChI is InChI=1S/C23H18N2O5/c1-2-30-23(29)18-15-11-16(26)17(14-9-6-10-24-12-14)21(27)19(15)22(28)25-20(18)13-7-4-3-5-8-13/h3-12,26-27H,2H2,1H3,(H,25,28). The fourth-order valence-corrected chi connectivity index (χ4v) is 3.49. The lowest BCUT2D eigenvalue weighted by atomic mass is 9.95. The van der Waals surface area contributed by atoms with Crippen LogP contribution in [0.3, 0.4) is 0 Å². The molecule has 0 saturated heterocycles. The van der Waals surface area contributed by atoms with Gasteiger partial charge in [-0.2, -0.15) is 0 Å². The highest BCUT2D eigenvalue weighted by atomic mass is 16.5. The summed E-state index contributed by atoms with van der Waals surface area (Å²) >= 11 is 0. The second-order valence-electron chi connectivity index (χ2n) is 6.57. The average Bonchev–Trinajstić information content (AvgIpc) is 2.74. The van der Waals surface area contributed by atoms with Crippen LogP contribution in [0.25, 0.3) is 33.2 Å². The van der Waals surface area contributed by atoms with Crippen LogP contribution in [-0.4, -0.2) is 32.8 Å². The van der Waals surface area contributed by atoms with Crippen molar-refractivity contribution in [1.29, 1.82) is 0 Å². The zero-order chi connectivity index (χ0) is 21.3. The van der Waals surface area contributed by atoms with Gasteiger partial charge in [0.05, 0.1) is 28.8 Å². The van der Waals surface area contributed by atoms with Gasteiger partial charge in [0.15, 0.2) is 0 Å². The number of fused-ring (bicyclic) bond motifs is 1. The second-order valence-corrected chi connectivity index (χ2v) is 6.57. The van der Waals surface area contributed by atoms with Gasteiger partial charge < -0.3 is 19.9 Å². The monoisotopic (exact) mass is 402 g/mol. The molecule has 0 aliphatic rings. The summed E-state index contributed by atoms with van der Waals surface area (Å²) in [5, 5.41) is 21.6. The fourth-order valence-electron chi connectivity index (χ4n) is 3.49. The summed E-state index contributed by atoms with van der Waals surface area (Å²) < 4.78 is 5.20. The number of hydrogen-bond donors (Lipinski definition) is 3. The molecule has 3 N–H and O–H groups in total. The van der Waals surface area contributed by atoms with Crippen molar-refractivity contribution in [2.24, 2.45) is 0 Å². The zero-order valence-electron chi connectivity index (χ0n) is 16.0. The first-order valence-electron chi connectivity index (χ1n) is 9.30. The van der Waals surface area contributed by atoms with Crippen molar-refractivity contribution in [1.82, 2.24) is 9.97 Å². The Morgan fingerprint density at radius 1 is 1.10 bits per heavy atom. The zero-order valence-corrected chi connectivity index (χ0v) is 16.0. The van der Waals surface area contributed by atoms with Gasteiger partial charge in [0.25, 0.3) is 5.56 Å². The van der Waals surface area contributed by atoms with Crippen LogP contribution in [0.4, 0.5) is 0 Å². The minimum Gasteiger partial charge on any atom is -0.507 e. The number of benzene rings is 2. The molecule has 4 rings (SSSR count). The molecule has 4 aromatic rings. The van der Waals surface area contributed by atoms with E-state index in [9.17, 15) is 19.8 Å². The van der Waals surface area contributed by atoms with Crippen LogP contribution in [0.1, 0.15) is 17.3 Å². The number of rotatable bonds is 4. The van der Waals surface area contributed by atoms with Crippen LogP contribution in [0, 0.1) is 0 Å². The lowest BCUT2D eigenvalue weighted by Gasteiger charge is -2.15. The van der Waals surface area contributed by atoms with Gasteiger partial charge in [-0.25, -0.2) is 4.79 Å². The molecule has 150 valence electrons. The number of phenols is 2. The van der Waals surface area contributed by atoms with E-state index in [2.05, 4.69) is 9.97 Å². The number of nitrogens with zero attached hydrogens (tertiary/aromatic N) is 1. The number of hydrogen-bond acceptors (Lipinski definition) is 6. The Bertz CT molecular complexity index is 1300. The summed E-state index contributed by atoms with van der Waals surface area (Å²) in [6.45, 7) is 1.79. The first-order chi connectivity index (χ1) is 14.5. The number of esters is 1. The quantitative estimate of drug-likeness (QED) is 0.447. The maximum atomic E-state index is 13.0. The van der Waals surface area contributed by atoms with Gasteiger partial charge in [-0.1, -0.05) is 36.4 Å². The molecule has 0 saturated carbocycles. The molecule has 2 aromatic carbocycles. The molecule has 30 heavy (non-hydrogen) atoms. The molecule has 0 aliphatic carbocycles. The molecular formula is C23H18N2O5. The number of carbonyl (C=O) groups excluding carboxylic acids is 1. The number of nitrogens with one attached hydrogen (secondary N) is 1. The molecule has 2 aromatic heterocycles. The Morgan fingerprint density at radius 2 is 1.83 bits per heavy atom. The highest BCUT2D eigenvalue weighted by Gasteiger charge is 2.25. The average molecular weight is 402 g/mol. The van der Waals surface area contributed by atoms with Crippen molar-refractivity contribution in [3.63, 3.8) is 0 Å². The van der Waals surface area contributed by atoms with Crippen LogP contribution in [-0.2, 0) is 4.74 Å². The topological polar surface area (TPSA) is 113 Å². The minimum absolute atomic E-state index is 0.0565. The van der Waals surface area contributed by atoms with Gasteiger partial charge >= 0.3 is 5.97 Å². The molecule has 0 bridgehead atoms. The van der Waals surface area contributed by atoms with Crippen LogP contribution in [0.5, 0.6) is 11.5 Å². The van der Waals surface area contributed by atoms with E-state index >= 15 is 0 Å². The highest BCUT2D eigenvalue weighted by Crippen LogP contribution is 2.43. The number of H-pyrrole nitrogens is 1. The van der Waals surface area contributed by atoms with Gasteiger partial charge in [0.1, 0.15) is 11.5 Å². The first-order valence-corrected chi connectivity index (χ1v) is 9.30. The van der Waals surface area contributed by atoms with Crippen molar-refractivity contribution >= 4 is 16.7 Å². The van der Waals surface area contributed by atoms with Crippen molar-refractivity contribution in [3.05, 3.63) is 76.8 Å². The predicted octanol–water partition coefficient (Wildman–Crippen LogP) is 3.85. The van der Waals surface area contributed by atoms with E-state index in [4.69, 9.17) is 4.74 Å². The summed E-state index contributed by atoms with van der Waals surface area (Å²) in [6.07, 6.45) is 3.01. The Balaban J connectivity index is 2.12. The molecule has 0 spiro atoms. The Labute approximate surface area is 171 Å². The molecule has 0 unspecified atom stereocenters. The third kappa shape index (κ3) is 3.16. The third-order valence-electron chi connectivity index (χ3n) is 4.76. The largest absolute Gasteiger partial charge is 0.507 e. The molecule has 0 fully saturated rings. The van der Waals surface area contributed by atoms with E-state index in [1.807, 2.05) is 6.07 Å². The molecule has 0 aliphatic heterocycles. The molecule has 2 heterocycles. The molecule has 0 atom stereocenters. The van der Waals surface area contributed by atoms with Gasteiger partial charge in [0.2, 0.25) is 0 Å². The van der Waals surface area contributed by atoms with Crippen LogP contribution in [0.2, 0.25) is 0 Å². The van der Waals surface area contributed by atoms with E-state index < -0.39 is 17.3 Å². The van der Waals surface area contributed by atoms with Crippen LogP contribution < -0.4 is 5.56 Å². The van der Waals surface area contributed by atoms with E-state index in [0.717, 1.165) is 0 Å². The number of aromatic amines is 1. The highest BCUT2D eigenvalue weighted by molar-refractivity contribution is 6.12. The molecule has 0 radical (unpaired) electrons. The van der Waals surface area contributed by atoms with E-state index in [-0.39, 0.29) is 39.9 Å². The van der Waals surface area contributed by atoms with Crippen LogP contribution in [0.15, 0.2) is 65.7 Å². The molecule has 0 amide bonds. The van der Waals surface area contributed by atoms with Crippen LogP contribution >= 0.6 is 0 Å². The Hall–Kier alpha value is -4.13. The number of phenolic OH excluding ortho intramolecular Hbond substituents is 2. The SMILES string of the molecule is CCOC(=O)c1c(-c2ccccc2)[nH]c(=O)c2c(O)c(-c3cccnc3)c(O)cc12. The second kappa shape index (κ2) is 7.71. The summed E-state index contributed by atoms with van der Waals surface area (Å²) in [5.41, 5.74) is 0.789. The first kappa shape index (κ1) is 19.2. The lowest BCUT2D eigenvalue weighted by molar-refractivity contribution is 0.0529. The van der Waals surface area contributed by atoms with Crippen molar-refractivity contribution in [2.45, 2.75) is 6.92 Å². The Morgan fingerprint density at radius 3 is 2.50 bits per heavy atom. The Kier molecular flexibility index (Phi) is 4.93. The van der Waals surface area contributed by atoms with E-state index in [1.54, 1.807) is 49.5 Å². The number of aromatic nitrogens is 2.